The van der Waals surface area contributed by atoms with Gasteiger partial charge in [0.2, 0.25) is 0 Å². The molecule has 0 saturated carbocycles. The minimum absolute atomic E-state index is 0.334. The van der Waals surface area contributed by atoms with Crippen LogP contribution in [-0.4, -0.2) is 27.7 Å². The Labute approximate surface area is 114 Å². The second-order valence-corrected chi connectivity index (χ2v) is 6.03. The lowest BCUT2D eigenvalue weighted by molar-refractivity contribution is 0.389. The van der Waals surface area contributed by atoms with E-state index in [4.69, 9.17) is 5.73 Å². The zero-order valence-corrected chi connectivity index (χ0v) is 12.0. The summed E-state index contributed by atoms with van der Waals surface area (Å²) in [6.45, 7) is 8.24. The van der Waals surface area contributed by atoms with Crippen molar-refractivity contribution in [2.45, 2.75) is 33.6 Å². The molecule has 2 heterocycles. The molecule has 2 rings (SSSR count). The minimum atomic E-state index is 0.334. The van der Waals surface area contributed by atoms with Crippen LogP contribution in [0.4, 0.5) is 5.82 Å². The van der Waals surface area contributed by atoms with Crippen molar-refractivity contribution in [3.05, 3.63) is 24.0 Å². The molecule has 19 heavy (non-hydrogen) atoms. The lowest BCUT2D eigenvalue weighted by Gasteiger charge is -2.18. The van der Waals surface area contributed by atoms with Gasteiger partial charge in [-0.25, -0.2) is 9.50 Å². The summed E-state index contributed by atoms with van der Waals surface area (Å²) in [6.07, 6.45) is 3.84. The molecule has 0 aliphatic rings. The lowest BCUT2D eigenvalue weighted by atomic mass is 9.92. The molecule has 5 heteroatoms. The van der Waals surface area contributed by atoms with Crippen LogP contribution in [0.5, 0.6) is 0 Å². The molecule has 0 aromatic carbocycles. The molecule has 104 valence electrons. The summed E-state index contributed by atoms with van der Waals surface area (Å²) in [5, 5.41) is 7.85. The Balaban J connectivity index is 2.04. The number of aromatic nitrogens is 3. The van der Waals surface area contributed by atoms with E-state index in [9.17, 15) is 0 Å². The van der Waals surface area contributed by atoms with Gasteiger partial charge >= 0.3 is 0 Å². The number of anilines is 1. The molecule has 0 aliphatic heterocycles. The van der Waals surface area contributed by atoms with Crippen molar-refractivity contribution in [1.82, 2.24) is 14.6 Å². The van der Waals surface area contributed by atoms with Crippen molar-refractivity contribution in [2.75, 3.05) is 18.4 Å². The largest absolute Gasteiger partial charge is 0.369 e. The standard InChI is InChI=1S/C14H23N5/c1-14(2,3)7-9-16-12-4-5-13-17-11(6-8-15)10-19(13)18-12/h4-5,10H,6-9,15H2,1-3H3,(H,16,18). The van der Waals surface area contributed by atoms with E-state index in [1.165, 1.54) is 0 Å². The second-order valence-electron chi connectivity index (χ2n) is 6.03. The molecule has 0 aliphatic carbocycles. The van der Waals surface area contributed by atoms with Crippen molar-refractivity contribution in [3.63, 3.8) is 0 Å². The fourth-order valence-corrected chi connectivity index (χ4v) is 1.86. The fourth-order valence-electron chi connectivity index (χ4n) is 1.86. The maximum absolute atomic E-state index is 5.54. The van der Waals surface area contributed by atoms with E-state index in [2.05, 4.69) is 36.2 Å². The molecule has 0 radical (unpaired) electrons. The third-order valence-corrected chi connectivity index (χ3v) is 2.95. The number of hydrogen-bond acceptors (Lipinski definition) is 4. The topological polar surface area (TPSA) is 68.2 Å². The van der Waals surface area contributed by atoms with E-state index in [1.807, 2.05) is 22.8 Å². The second kappa shape index (κ2) is 5.57. The van der Waals surface area contributed by atoms with Crippen molar-refractivity contribution >= 4 is 11.5 Å². The Morgan fingerprint density at radius 3 is 2.79 bits per heavy atom. The molecule has 0 saturated heterocycles. The molecule has 0 bridgehead atoms. The van der Waals surface area contributed by atoms with Crippen LogP contribution in [0.3, 0.4) is 0 Å². The summed E-state index contributed by atoms with van der Waals surface area (Å²) in [6, 6.07) is 3.95. The van der Waals surface area contributed by atoms with Gasteiger partial charge in [-0.2, -0.15) is 0 Å². The van der Waals surface area contributed by atoms with Crippen LogP contribution < -0.4 is 11.1 Å². The molecule has 2 aromatic rings. The van der Waals surface area contributed by atoms with E-state index in [-0.39, 0.29) is 0 Å². The SMILES string of the molecule is CC(C)(C)CCNc1ccc2nc(CCN)cn2n1. The van der Waals surface area contributed by atoms with Crippen molar-refractivity contribution in [3.8, 4) is 0 Å². The predicted octanol–water partition coefficient (Wildman–Crippen LogP) is 2.08. The number of nitrogens with two attached hydrogens (primary N) is 1. The van der Waals surface area contributed by atoms with Gasteiger partial charge in [0.15, 0.2) is 5.65 Å². The third kappa shape index (κ3) is 3.92. The molecule has 0 atom stereocenters. The van der Waals surface area contributed by atoms with Crippen molar-refractivity contribution in [2.24, 2.45) is 11.1 Å². The summed E-state index contributed by atoms with van der Waals surface area (Å²) in [5.41, 5.74) is 7.72. The van der Waals surface area contributed by atoms with Gasteiger partial charge in [0.25, 0.3) is 0 Å². The maximum Gasteiger partial charge on any atom is 0.153 e. The van der Waals surface area contributed by atoms with Crippen LogP contribution in [-0.2, 0) is 6.42 Å². The van der Waals surface area contributed by atoms with Crippen LogP contribution in [0.1, 0.15) is 32.9 Å². The summed E-state index contributed by atoms with van der Waals surface area (Å²) >= 11 is 0. The molecular weight excluding hydrogens is 238 g/mol. The van der Waals surface area contributed by atoms with Crippen LogP contribution >= 0.6 is 0 Å². The van der Waals surface area contributed by atoms with Crippen molar-refractivity contribution < 1.29 is 0 Å². The highest BCUT2D eigenvalue weighted by Crippen LogP contribution is 2.18. The molecule has 0 fully saturated rings. The molecule has 0 spiro atoms. The first-order valence-electron chi connectivity index (χ1n) is 6.77. The van der Waals surface area contributed by atoms with Crippen LogP contribution in [0.15, 0.2) is 18.3 Å². The Hall–Kier alpha value is -1.62. The number of fused-ring (bicyclic) bond motifs is 1. The zero-order valence-electron chi connectivity index (χ0n) is 12.0. The van der Waals surface area contributed by atoms with Gasteiger partial charge in [0.1, 0.15) is 5.82 Å². The monoisotopic (exact) mass is 261 g/mol. The Morgan fingerprint density at radius 2 is 2.11 bits per heavy atom. The average molecular weight is 261 g/mol. The van der Waals surface area contributed by atoms with Crippen LogP contribution in [0, 0.1) is 5.41 Å². The molecular formula is C14H23N5. The normalized spacial score (nSPS) is 12.0. The number of rotatable bonds is 5. The van der Waals surface area contributed by atoms with Gasteiger partial charge in [-0.3, -0.25) is 0 Å². The van der Waals surface area contributed by atoms with Gasteiger partial charge in [0.05, 0.1) is 11.9 Å². The third-order valence-electron chi connectivity index (χ3n) is 2.95. The maximum atomic E-state index is 5.54. The highest BCUT2D eigenvalue weighted by atomic mass is 15.3. The van der Waals surface area contributed by atoms with E-state index in [0.717, 1.165) is 36.5 Å². The molecule has 3 N–H and O–H groups in total. The van der Waals surface area contributed by atoms with Crippen LogP contribution in [0.2, 0.25) is 0 Å². The van der Waals surface area contributed by atoms with Gasteiger partial charge in [0, 0.05) is 13.0 Å². The Bertz CT molecular complexity index is 538. The van der Waals surface area contributed by atoms with Gasteiger partial charge in [-0.1, -0.05) is 20.8 Å². The molecule has 0 unspecified atom stereocenters. The highest BCUT2D eigenvalue weighted by Gasteiger charge is 2.09. The van der Waals surface area contributed by atoms with E-state index >= 15 is 0 Å². The first kappa shape index (κ1) is 13.8. The Kier molecular flexibility index (Phi) is 4.04. The van der Waals surface area contributed by atoms with Gasteiger partial charge < -0.3 is 11.1 Å². The first-order valence-corrected chi connectivity index (χ1v) is 6.77. The predicted molar refractivity (Wildman–Crippen MR) is 78.3 cm³/mol. The minimum Gasteiger partial charge on any atom is -0.369 e. The summed E-state index contributed by atoms with van der Waals surface area (Å²) in [4.78, 5) is 4.46. The zero-order chi connectivity index (χ0) is 13.9. The fraction of sp³-hybridized carbons (Fsp3) is 0.571. The summed E-state index contributed by atoms with van der Waals surface area (Å²) in [5.74, 6) is 0.883. The number of imidazole rings is 1. The first-order chi connectivity index (χ1) is 8.98. The number of nitrogens with zero attached hydrogens (tertiary/aromatic N) is 3. The highest BCUT2D eigenvalue weighted by molar-refractivity contribution is 5.45. The number of hydrogen-bond donors (Lipinski definition) is 2. The van der Waals surface area contributed by atoms with E-state index < -0.39 is 0 Å². The van der Waals surface area contributed by atoms with E-state index in [1.54, 1.807) is 0 Å². The number of nitrogens with one attached hydrogen (secondary N) is 1. The molecule has 5 nitrogen and oxygen atoms in total. The van der Waals surface area contributed by atoms with Crippen LogP contribution in [0.25, 0.3) is 5.65 Å². The lowest BCUT2D eigenvalue weighted by Crippen LogP contribution is -2.13. The average Bonchev–Trinajstić information content (AvgIpc) is 2.69. The van der Waals surface area contributed by atoms with E-state index in [0.29, 0.717) is 12.0 Å². The quantitative estimate of drug-likeness (QED) is 0.864. The van der Waals surface area contributed by atoms with Crippen molar-refractivity contribution in [1.29, 1.82) is 0 Å². The van der Waals surface area contributed by atoms with Gasteiger partial charge in [-0.05, 0) is 30.5 Å². The smallest absolute Gasteiger partial charge is 0.153 e. The van der Waals surface area contributed by atoms with Gasteiger partial charge in [-0.15, -0.1) is 5.10 Å². The molecule has 0 amide bonds. The summed E-state index contributed by atoms with van der Waals surface area (Å²) < 4.78 is 1.81. The molecule has 2 aromatic heterocycles. The Morgan fingerprint density at radius 1 is 1.32 bits per heavy atom. The summed E-state index contributed by atoms with van der Waals surface area (Å²) in [7, 11) is 0.